The predicted octanol–water partition coefficient (Wildman–Crippen LogP) is 0.995. The molecule has 0 amide bonds. The summed E-state index contributed by atoms with van der Waals surface area (Å²) in [6, 6.07) is 8.32. The summed E-state index contributed by atoms with van der Waals surface area (Å²) in [4.78, 5) is 2.44. The predicted molar refractivity (Wildman–Crippen MR) is 86.6 cm³/mol. The van der Waals surface area contributed by atoms with E-state index in [0.717, 1.165) is 37.5 Å². The van der Waals surface area contributed by atoms with Crippen molar-refractivity contribution in [3.63, 3.8) is 0 Å². The number of aliphatic hydroxyl groups excluding tert-OH is 1. The maximum Gasteiger partial charge on any atom is 0.119 e. The van der Waals surface area contributed by atoms with Crippen LogP contribution in [0, 0.1) is 0 Å². The maximum atomic E-state index is 8.79. The molecule has 4 rings (SSSR count). The molecule has 128 valence electrons. The molecule has 24 heavy (non-hydrogen) atoms. The van der Waals surface area contributed by atoms with Crippen LogP contribution in [0.5, 0.6) is 5.75 Å². The van der Waals surface area contributed by atoms with Gasteiger partial charge in [-0.15, -0.1) is 5.10 Å². The lowest BCUT2D eigenvalue weighted by Gasteiger charge is -2.41. The molecule has 1 aromatic heterocycles. The number of ether oxygens (including phenoxy) is 2. The Balaban J connectivity index is 1.40. The number of likely N-dealkylation sites (tertiary alicyclic amines) is 1. The van der Waals surface area contributed by atoms with Gasteiger partial charge < -0.3 is 14.6 Å². The molecule has 1 fully saturated rings. The number of hydrogen-bond acceptors (Lipinski definition) is 6. The van der Waals surface area contributed by atoms with Crippen molar-refractivity contribution in [2.24, 2.45) is 0 Å². The smallest absolute Gasteiger partial charge is 0.119 e. The molecule has 2 unspecified atom stereocenters. The number of hydrogen-bond donors (Lipinski definition) is 1. The summed E-state index contributed by atoms with van der Waals surface area (Å²) in [6.07, 6.45) is 3.05. The van der Waals surface area contributed by atoms with E-state index in [2.05, 4.69) is 27.3 Å². The topological polar surface area (TPSA) is 72.6 Å². The Morgan fingerprint density at radius 2 is 2.17 bits per heavy atom. The highest BCUT2D eigenvalue weighted by Gasteiger charge is 2.36. The van der Waals surface area contributed by atoms with Gasteiger partial charge in [0.15, 0.2) is 0 Å². The van der Waals surface area contributed by atoms with Gasteiger partial charge in [-0.1, -0.05) is 17.3 Å². The lowest BCUT2D eigenvalue weighted by Crippen LogP contribution is -2.47. The first-order valence-corrected chi connectivity index (χ1v) is 8.39. The van der Waals surface area contributed by atoms with Crippen LogP contribution in [0.25, 0.3) is 0 Å². The minimum atomic E-state index is 0.0322. The third-order valence-corrected chi connectivity index (χ3v) is 4.70. The van der Waals surface area contributed by atoms with E-state index in [4.69, 9.17) is 14.6 Å². The van der Waals surface area contributed by atoms with Gasteiger partial charge in [-0.25, -0.2) is 4.68 Å². The Bertz CT molecular complexity index is 673. The molecule has 2 aromatic rings. The molecule has 2 atom stereocenters. The molecule has 7 nitrogen and oxygen atoms in total. The summed E-state index contributed by atoms with van der Waals surface area (Å²) in [5, 5.41) is 17.1. The Hall–Kier alpha value is -1.96. The van der Waals surface area contributed by atoms with Crippen LogP contribution in [-0.2, 0) is 17.9 Å². The van der Waals surface area contributed by atoms with Crippen LogP contribution in [0.1, 0.15) is 23.7 Å². The molecule has 2 aliphatic heterocycles. The average molecular weight is 330 g/mol. The standard InChI is InChI=1S/C17H22N4O3/c22-7-8-23-15-3-1-13(2-4-15)10-20-6-5-17-16(11-20)21-14(12-24-17)9-18-19-21/h1-4,9,16-17,22H,5-8,10-12H2. The van der Waals surface area contributed by atoms with Crippen LogP contribution in [0.2, 0.25) is 0 Å². The Kier molecular flexibility index (Phi) is 4.46. The fourth-order valence-corrected chi connectivity index (χ4v) is 3.50. The number of nitrogens with zero attached hydrogens (tertiary/aromatic N) is 4. The zero-order valence-corrected chi connectivity index (χ0v) is 13.5. The van der Waals surface area contributed by atoms with E-state index >= 15 is 0 Å². The minimum Gasteiger partial charge on any atom is -0.491 e. The van der Waals surface area contributed by atoms with Crippen molar-refractivity contribution in [2.75, 3.05) is 26.3 Å². The highest BCUT2D eigenvalue weighted by Crippen LogP contribution is 2.30. The number of benzene rings is 1. The van der Waals surface area contributed by atoms with Crippen LogP contribution in [0.15, 0.2) is 30.5 Å². The van der Waals surface area contributed by atoms with Crippen LogP contribution in [-0.4, -0.2) is 57.4 Å². The largest absolute Gasteiger partial charge is 0.491 e. The van der Waals surface area contributed by atoms with E-state index in [0.29, 0.717) is 13.2 Å². The van der Waals surface area contributed by atoms with Crippen molar-refractivity contribution >= 4 is 0 Å². The zero-order valence-electron chi connectivity index (χ0n) is 13.5. The highest BCUT2D eigenvalue weighted by atomic mass is 16.5. The molecule has 1 saturated heterocycles. The highest BCUT2D eigenvalue weighted by molar-refractivity contribution is 5.27. The fourth-order valence-electron chi connectivity index (χ4n) is 3.50. The van der Waals surface area contributed by atoms with E-state index in [9.17, 15) is 0 Å². The minimum absolute atomic E-state index is 0.0322. The molecular formula is C17H22N4O3. The number of piperidine rings is 1. The molecular weight excluding hydrogens is 308 g/mol. The summed E-state index contributed by atoms with van der Waals surface area (Å²) in [5.74, 6) is 0.791. The number of aliphatic hydroxyl groups is 1. The van der Waals surface area contributed by atoms with Gasteiger partial charge in [-0.2, -0.15) is 0 Å². The second-order valence-electron chi connectivity index (χ2n) is 6.33. The summed E-state index contributed by atoms with van der Waals surface area (Å²) in [7, 11) is 0. The molecule has 3 heterocycles. The van der Waals surface area contributed by atoms with Crippen molar-refractivity contribution in [3.8, 4) is 5.75 Å². The molecule has 0 spiro atoms. The Morgan fingerprint density at radius 1 is 1.29 bits per heavy atom. The Morgan fingerprint density at radius 3 is 3.00 bits per heavy atom. The summed E-state index contributed by atoms with van der Waals surface area (Å²) < 4.78 is 13.4. The number of fused-ring (bicyclic) bond motifs is 3. The number of rotatable bonds is 5. The third-order valence-electron chi connectivity index (χ3n) is 4.70. The quantitative estimate of drug-likeness (QED) is 0.882. The van der Waals surface area contributed by atoms with Crippen LogP contribution in [0.3, 0.4) is 0 Å². The molecule has 1 aromatic carbocycles. The molecule has 0 saturated carbocycles. The molecule has 7 heteroatoms. The Labute approximate surface area is 140 Å². The first kappa shape index (κ1) is 15.6. The molecule has 0 bridgehead atoms. The van der Waals surface area contributed by atoms with Gasteiger partial charge in [0.1, 0.15) is 12.4 Å². The summed E-state index contributed by atoms with van der Waals surface area (Å²) in [5.41, 5.74) is 2.31. The second-order valence-corrected chi connectivity index (χ2v) is 6.33. The lowest BCUT2D eigenvalue weighted by atomic mass is 10.00. The molecule has 0 aliphatic carbocycles. The fraction of sp³-hybridized carbons (Fsp3) is 0.529. The van der Waals surface area contributed by atoms with Crippen LogP contribution < -0.4 is 4.74 Å². The van der Waals surface area contributed by atoms with Gasteiger partial charge in [0.05, 0.1) is 37.3 Å². The van der Waals surface area contributed by atoms with Crippen molar-refractivity contribution in [2.45, 2.75) is 31.7 Å². The SMILES string of the molecule is OCCOc1ccc(CN2CCC3OCc4cnnn4C3C2)cc1. The van der Waals surface area contributed by atoms with Crippen molar-refractivity contribution in [3.05, 3.63) is 41.7 Å². The van der Waals surface area contributed by atoms with Gasteiger partial charge in [0.25, 0.3) is 0 Å². The molecule has 0 radical (unpaired) electrons. The van der Waals surface area contributed by atoms with Gasteiger partial charge in [0, 0.05) is 19.6 Å². The van der Waals surface area contributed by atoms with Crippen LogP contribution >= 0.6 is 0 Å². The van der Waals surface area contributed by atoms with Crippen molar-refractivity contribution in [1.29, 1.82) is 0 Å². The second kappa shape index (κ2) is 6.88. The van der Waals surface area contributed by atoms with Gasteiger partial charge >= 0.3 is 0 Å². The van der Waals surface area contributed by atoms with Gasteiger partial charge in [-0.05, 0) is 24.1 Å². The normalized spacial score (nSPS) is 23.5. The van der Waals surface area contributed by atoms with Crippen molar-refractivity contribution < 1.29 is 14.6 Å². The summed E-state index contributed by atoms with van der Waals surface area (Å²) >= 11 is 0. The first-order chi connectivity index (χ1) is 11.8. The van der Waals surface area contributed by atoms with E-state index in [1.807, 2.05) is 16.8 Å². The maximum absolute atomic E-state index is 8.79. The third kappa shape index (κ3) is 3.15. The van der Waals surface area contributed by atoms with E-state index < -0.39 is 0 Å². The van der Waals surface area contributed by atoms with Crippen LogP contribution in [0.4, 0.5) is 0 Å². The van der Waals surface area contributed by atoms with Gasteiger partial charge in [0.2, 0.25) is 0 Å². The molecule has 1 N–H and O–H groups in total. The van der Waals surface area contributed by atoms with E-state index in [1.165, 1.54) is 5.56 Å². The summed E-state index contributed by atoms with van der Waals surface area (Å²) in [6.45, 7) is 3.81. The van der Waals surface area contributed by atoms with Crippen molar-refractivity contribution in [1.82, 2.24) is 19.9 Å². The zero-order chi connectivity index (χ0) is 16.4. The van der Waals surface area contributed by atoms with E-state index in [-0.39, 0.29) is 18.8 Å². The van der Waals surface area contributed by atoms with E-state index in [1.54, 1.807) is 6.20 Å². The first-order valence-electron chi connectivity index (χ1n) is 8.39. The molecule has 2 aliphatic rings. The average Bonchev–Trinajstić information content (AvgIpc) is 3.10. The number of aromatic nitrogens is 3. The van der Waals surface area contributed by atoms with Gasteiger partial charge in [-0.3, -0.25) is 4.90 Å². The monoisotopic (exact) mass is 330 g/mol. The lowest BCUT2D eigenvalue weighted by molar-refractivity contribution is -0.0669.